The van der Waals surface area contributed by atoms with Crippen LogP contribution in [0, 0.1) is 0 Å². The molecule has 3 aromatic rings. The van der Waals surface area contributed by atoms with Gasteiger partial charge in [0.2, 0.25) is 0 Å². The van der Waals surface area contributed by atoms with Gasteiger partial charge in [0, 0.05) is 17.5 Å². The van der Waals surface area contributed by atoms with Gasteiger partial charge in [-0.2, -0.15) is 18.3 Å². The fourth-order valence-corrected chi connectivity index (χ4v) is 5.14. The summed E-state index contributed by atoms with van der Waals surface area (Å²) in [6.07, 6.45) is -0.420. The molecular formula is C24H25ClF3N5O3S. The highest BCUT2D eigenvalue weighted by Gasteiger charge is 2.49. The van der Waals surface area contributed by atoms with Gasteiger partial charge >= 0.3 is 12.2 Å². The maximum Gasteiger partial charge on any atom is 0.409 e. The second-order valence-electron chi connectivity index (χ2n) is 8.82. The zero-order chi connectivity index (χ0) is 27.0. The number of carbonyl (C=O) groups excluding carboxylic acids is 1. The van der Waals surface area contributed by atoms with Gasteiger partial charge in [-0.1, -0.05) is 24.9 Å². The molecule has 37 heavy (non-hydrogen) atoms. The van der Waals surface area contributed by atoms with Crippen LogP contribution in [-0.4, -0.2) is 47.7 Å². The normalized spacial score (nSPS) is 16.8. The van der Waals surface area contributed by atoms with Crippen molar-refractivity contribution in [1.29, 1.82) is 0 Å². The molecule has 1 N–H and O–H groups in total. The summed E-state index contributed by atoms with van der Waals surface area (Å²) in [4.78, 5) is 18.0. The predicted octanol–water partition coefficient (Wildman–Crippen LogP) is 5.26. The Morgan fingerprint density at radius 3 is 2.57 bits per heavy atom. The monoisotopic (exact) mass is 555 g/mol. The molecule has 4 rings (SSSR count). The van der Waals surface area contributed by atoms with Crippen LogP contribution >= 0.6 is 11.6 Å². The van der Waals surface area contributed by atoms with Crippen LogP contribution in [0.25, 0.3) is 5.69 Å². The molecule has 2 aromatic heterocycles. The molecule has 1 unspecified atom stereocenters. The highest BCUT2D eigenvalue weighted by atomic mass is 35.5. The fourth-order valence-electron chi connectivity index (χ4n) is 4.41. The average molecular weight is 556 g/mol. The van der Waals surface area contributed by atoms with Crippen LogP contribution in [0.3, 0.4) is 0 Å². The van der Waals surface area contributed by atoms with Crippen molar-refractivity contribution in [3.8, 4) is 5.69 Å². The molecule has 0 bridgehead atoms. The van der Waals surface area contributed by atoms with E-state index in [1.165, 1.54) is 29.2 Å². The van der Waals surface area contributed by atoms with Gasteiger partial charge < -0.3 is 5.32 Å². The Kier molecular flexibility index (Phi) is 7.52. The van der Waals surface area contributed by atoms with Crippen LogP contribution in [-0.2, 0) is 16.3 Å². The van der Waals surface area contributed by atoms with Crippen LogP contribution < -0.4 is 10.2 Å². The topological polar surface area (TPSA) is 97.2 Å². The van der Waals surface area contributed by atoms with Gasteiger partial charge in [-0.15, -0.1) is 0 Å². The van der Waals surface area contributed by atoms with E-state index in [0.717, 1.165) is 6.26 Å². The summed E-state index contributed by atoms with van der Waals surface area (Å²) in [5.74, 6) is 0. The number of fused-ring (bicyclic) bond motifs is 1. The first-order valence-corrected chi connectivity index (χ1v) is 13.8. The van der Waals surface area contributed by atoms with Crippen molar-refractivity contribution < 1.29 is 26.4 Å². The molecule has 0 radical (unpaired) electrons. The van der Waals surface area contributed by atoms with E-state index in [2.05, 4.69) is 15.4 Å². The summed E-state index contributed by atoms with van der Waals surface area (Å²) in [5, 5.41) is 7.28. The van der Waals surface area contributed by atoms with Gasteiger partial charge in [-0.3, -0.25) is 4.90 Å². The van der Waals surface area contributed by atoms with Crippen molar-refractivity contribution in [2.75, 3.05) is 11.2 Å². The Hall–Kier alpha value is -3.12. The first kappa shape index (κ1) is 26.9. The Labute approximate surface area is 217 Å². The molecule has 1 aliphatic heterocycles. The van der Waals surface area contributed by atoms with Gasteiger partial charge in [0.1, 0.15) is 6.04 Å². The molecule has 2 atom stereocenters. The third-order valence-electron chi connectivity index (χ3n) is 6.16. The molecule has 2 amide bonds. The number of aromatic nitrogens is 3. The zero-order valence-electron chi connectivity index (χ0n) is 20.0. The Balaban J connectivity index is 1.71. The summed E-state index contributed by atoms with van der Waals surface area (Å²) < 4.78 is 67.7. The minimum atomic E-state index is -4.67. The molecule has 0 fully saturated rings. The van der Waals surface area contributed by atoms with E-state index in [9.17, 15) is 26.4 Å². The molecule has 13 heteroatoms. The number of sulfone groups is 1. The molecule has 0 aliphatic carbocycles. The number of halogens is 4. The molecule has 0 spiro atoms. The van der Waals surface area contributed by atoms with E-state index in [-0.39, 0.29) is 23.6 Å². The largest absolute Gasteiger partial charge is 0.409 e. The van der Waals surface area contributed by atoms with Crippen LogP contribution in [0.4, 0.5) is 23.7 Å². The maximum absolute atomic E-state index is 14.1. The Morgan fingerprint density at radius 1 is 1.24 bits per heavy atom. The van der Waals surface area contributed by atoms with Gasteiger partial charge in [-0.25, -0.2) is 22.9 Å². The lowest BCUT2D eigenvalue weighted by atomic mass is 10.00. The molecule has 8 nitrogen and oxygen atoms in total. The molecule has 1 aliphatic rings. The molecule has 198 valence electrons. The molecular weight excluding hydrogens is 531 g/mol. The Bertz CT molecular complexity index is 1390. The third kappa shape index (κ3) is 5.74. The van der Waals surface area contributed by atoms with Crippen molar-refractivity contribution in [2.24, 2.45) is 0 Å². The minimum absolute atomic E-state index is 0.0582. The molecule has 1 aromatic carbocycles. The van der Waals surface area contributed by atoms with Crippen LogP contribution in [0.5, 0.6) is 0 Å². The standard InChI is InChI=1S/C24H25ClF3N5O3S/c1-3-4-18(15-11-12-29-22(13-15)37(2,35)36)31-23(34)32-20-14-30-33(17-7-5-16(25)6-8-17)19(20)9-10-21(32)24(26,27)28/h5-8,11-14,18,21H,3-4,9-10H2,1-2H3,(H,31,34)/t18-,21?/m0/s1. The maximum atomic E-state index is 14.1. The number of urea groups is 1. The number of anilines is 1. The number of nitrogens with one attached hydrogen (secondary N) is 1. The summed E-state index contributed by atoms with van der Waals surface area (Å²) in [7, 11) is -3.62. The molecule has 0 saturated heterocycles. The third-order valence-corrected chi connectivity index (χ3v) is 7.39. The number of hydrogen-bond donors (Lipinski definition) is 1. The van der Waals surface area contributed by atoms with E-state index < -0.39 is 34.1 Å². The van der Waals surface area contributed by atoms with Crippen molar-refractivity contribution in [3.05, 3.63) is 65.1 Å². The van der Waals surface area contributed by atoms with Crippen molar-refractivity contribution in [2.45, 2.75) is 55.9 Å². The quantitative estimate of drug-likeness (QED) is 0.447. The minimum Gasteiger partial charge on any atom is -0.331 e. The summed E-state index contributed by atoms with van der Waals surface area (Å²) in [6, 6.07) is 5.81. The summed E-state index contributed by atoms with van der Waals surface area (Å²) in [6.45, 7) is 1.85. The Morgan fingerprint density at radius 2 is 1.95 bits per heavy atom. The number of rotatable bonds is 6. The van der Waals surface area contributed by atoms with Gasteiger partial charge in [0.25, 0.3) is 0 Å². The number of hydrogen-bond acceptors (Lipinski definition) is 5. The van der Waals surface area contributed by atoms with Crippen molar-refractivity contribution in [1.82, 2.24) is 20.1 Å². The van der Waals surface area contributed by atoms with Crippen LogP contribution in [0.1, 0.15) is 43.5 Å². The SMILES string of the molecule is CCC[C@H](NC(=O)N1c2cnn(-c3ccc(Cl)cc3)c2CCC1C(F)(F)F)c1ccnc(S(C)(=O)=O)c1. The number of alkyl halides is 3. The summed E-state index contributed by atoms with van der Waals surface area (Å²) in [5.41, 5.74) is 1.56. The number of nitrogens with zero attached hydrogens (tertiary/aromatic N) is 4. The second-order valence-corrected chi connectivity index (χ2v) is 11.2. The smallest absolute Gasteiger partial charge is 0.331 e. The average Bonchev–Trinajstić information content (AvgIpc) is 3.27. The lowest BCUT2D eigenvalue weighted by Crippen LogP contribution is -2.55. The number of carbonyl (C=O) groups is 1. The molecule has 3 heterocycles. The van der Waals surface area contributed by atoms with Crippen molar-refractivity contribution >= 4 is 33.2 Å². The lowest BCUT2D eigenvalue weighted by molar-refractivity contribution is -0.149. The second kappa shape index (κ2) is 10.3. The fraction of sp³-hybridized carbons (Fsp3) is 0.375. The molecule has 0 saturated carbocycles. The van der Waals surface area contributed by atoms with E-state index in [0.29, 0.717) is 39.7 Å². The summed E-state index contributed by atoms with van der Waals surface area (Å²) >= 11 is 5.96. The highest BCUT2D eigenvalue weighted by molar-refractivity contribution is 7.90. The van der Waals surface area contributed by atoms with E-state index >= 15 is 0 Å². The number of benzene rings is 1. The van der Waals surface area contributed by atoms with E-state index in [1.54, 1.807) is 24.3 Å². The number of pyridine rings is 1. The van der Waals surface area contributed by atoms with Gasteiger partial charge in [0.15, 0.2) is 14.9 Å². The number of amides is 2. The lowest BCUT2D eigenvalue weighted by Gasteiger charge is -2.37. The highest BCUT2D eigenvalue weighted by Crippen LogP contribution is 2.39. The zero-order valence-corrected chi connectivity index (χ0v) is 21.6. The van der Waals surface area contributed by atoms with E-state index in [1.807, 2.05) is 6.92 Å². The van der Waals surface area contributed by atoms with Crippen LogP contribution in [0.15, 0.2) is 53.8 Å². The van der Waals surface area contributed by atoms with Gasteiger partial charge in [-0.05, 0) is 61.2 Å². The van der Waals surface area contributed by atoms with Crippen molar-refractivity contribution in [3.63, 3.8) is 0 Å². The van der Waals surface area contributed by atoms with Gasteiger partial charge in [0.05, 0.1) is 29.3 Å². The first-order valence-electron chi connectivity index (χ1n) is 11.6. The predicted molar refractivity (Wildman–Crippen MR) is 133 cm³/mol. The van der Waals surface area contributed by atoms with Crippen LogP contribution in [0.2, 0.25) is 5.02 Å². The first-order chi connectivity index (χ1) is 17.4. The van der Waals surface area contributed by atoms with E-state index in [4.69, 9.17) is 11.6 Å².